The lowest BCUT2D eigenvalue weighted by Crippen LogP contribution is -2.42. The number of Topliss-reactive ketones (excluding diaryl/α,β-unsaturated/α-hetero) is 1. The number of allylic oxidation sites excluding steroid dienone is 2. The van der Waals surface area contributed by atoms with Gasteiger partial charge >= 0.3 is 12.1 Å². The lowest BCUT2D eigenvalue weighted by atomic mass is 9.69. The third-order valence-electron chi connectivity index (χ3n) is 5.92. The first kappa shape index (κ1) is 22.3. The molecule has 0 fully saturated rings. The molecule has 2 aromatic rings. The molecule has 4 nitrogen and oxygen atoms in total. The molecule has 0 radical (unpaired) electrons. The molecule has 0 spiro atoms. The second kappa shape index (κ2) is 8.58. The second-order valence-corrected chi connectivity index (χ2v) is 8.89. The first-order chi connectivity index (χ1) is 15.2. The Bertz CT molecular complexity index is 1070. The number of hydrogen-bond acceptors (Lipinski definition) is 5. The molecule has 1 N–H and O–H groups in total. The number of ether oxygens (including phenoxy) is 1. The Kier molecular flexibility index (Phi) is 5.99. The molecule has 168 valence electrons. The topological polar surface area (TPSA) is 55.4 Å². The standard InChI is InChI=1S/C24H22F3NO3S/c1-3-31-23(30)20-13(2)28-17-11-15(19-5-4-10-32-19)12-18(29)22(17)21(20)14-6-8-16(9-7-14)24(25,26)27/h4-10,15,20-21,28H,2-3,11-12H2,1H3. The number of nitrogens with one attached hydrogen (secondary N) is 1. The zero-order valence-electron chi connectivity index (χ0n) is 17.4. The van der Waals surface area contributed by atoms with Crippen molar-refractivity contribution in [3.05, 3.63) is 81.3 Å². The molecule has 0 bridgehead atoms. The number of benzene rings is 1. The molecular formula is C24H22F3NO3S. The van der Waals surface area contributed by atoms with Gasteiger partial charge in [-0.2, -0.15) is 13.2 Å². The molecule has 2 aliphatic rings. The van der Waals surface area contributed by atoms with Crippen LogP contribution in [0.25, 0.3) is 0 Å². The zero-order chi connectivity index (χ0) is 23.0. The fraction of sp³-hybridized carbons (Fsp3) is 0.333. The number of ketones is 1. The number of hydrogen-bond donors (Lipinski definition) is 1. The lowest BCUT2D eigenvalue weighted by Gasteiger charge is -2.39. The van der Waals surface area contributed by atoms with Gasteiger partial charge in [-0.05, 0) is 42.5 Å². The van der Waals surface area contributed by atoms with Gasteiger partial charge in [0.05, 0.1) is 12.2 Å². The predicted octanol–water partition coefficient (Wildman–Crippen LogP) is 5.55. The lowest BCUT2D eigenvalue weighted by molar-refractivity contribution is -0.147. The van der Waals surface area contributed by atoms with E-state index in [0.717, 1.165) is 17.0 Å². The largest absolute Gasteiger partial charge is 0.465 e. The summed E-state index contributed by atoms with van der Waals surface area (Å²) in [6.45, 7) is 5.81. The van der Waals surface area contributed by atoms with Gasteiger partial charge in [0.25, 0.3) is 0 Å². The average Bonchev–Trinajstić information content (AvgIpc) is 3.27. The fourth-order valence-electron chi connectivity index (χ4n) is 4.52. The smallest absolute Gasteiger partial charge is 0.416 e. The molecule has 0 saturated heterocycles. The van der Waals surface area contributed by atoms with E-state index in [2.05, 4.69) is 11.9 Å². The van der Waals surface area contributed by atoms with E-state index in [9.17, 15) is 22.8 Å². The highest BCUT2D eigenvalue weighted by Gasteiger charge is 2.45. The minimum Gasteiger partial charge on any atom is -0.465 e. The van der Waals surface area contributed by atoms with E-state index >= 15 is 0 Å². The third kappa shape index (κ3) is 4.11. The summed E-state index contributed by atoms with van der Waals surface area (Å²) in [6.07, 6.45) is -3.64. The van der Waals surface area contributed by atoms with Crippen LogP contribution in [0.3, 0.4) is 0 Å². The molecule has 0 amide bonds. The maximum atomic E-state index is 13.3. The predicted molar refractivity (Wildman–Crippen MR) is 115 cm³/mol. The van der Waals surface area contributed by atoms with Crippen LogP contribution in [0, 0.1) is 5.92 Å². The molecule has 4 rings (SSSR count). The van der Waals surface area contributed by atoms with Gasteiger partial charge in [0.2, 0.25) is 0 Å². The van der Waals surface area contributed by atoms with E-state index in [1.807, 2.05) is 17.5 Å². The van der Waals surface area contributed by atoms with Gasteiger partial charge in [0, 0.05) is 40.1 Å². The summed E-state index contributed by atoms with van der Waals surface area (Å²) in [5, 5.41) is 5.11. The maximum Gasteiger partial charge on any atom is 0.416 e. The zero-order valence-corrected chi connectivity index (χ0v) is 18.2. The van der Waals surface area contributed by atoms with Crippen molar-refractivity contribution in [2.24, 2.45) is 5.92 Å². The van der Waals surface area contributed by atoms with Crippen LogP contribution in [0.15, 0.2) is 65.3 Å². The SMILES string of the molecule is C=C1NC2=C(C(=O)CC(c3cccs3)C2)C(c2ccc(C(F)(F)F)cc2)C1C(=O)OCC. The Morgan fingerprint density at radius 2 is 1.94 bits per heavy atom. The number of esters is 1. The third-order valence-corrected chi connectivity index (χ3v) is 6.96. The summed E-state index contributed by atoms with van der Waals surface area (Å²) in [5.74, 6) is -2.34. The summed E-state index contributed by atoms with van der Waals surface area (Å²) in [7, 11) is 0. The normalized spacial score (nSPS) is 23.6. The molecule has 0 saturated carbocycles. The van der Waals surface area contributed by atoms with Crippen LogP contribution in [0.2, 0.25) is 0 Å². The second-order valence-electron chi connectivity index (χ2n) is 7.91. The van der Waals surface area contributed by atoms with Gasteiger partial charge in [0.1, 0.15) is 5.92 Å². The first-order valence-corrected chi connectivity index (χ1v) is 11.2. The van der Waals surface area contributed by atoms with Crippen LogP contribution in [0.4, 0.5) is 13.2 Å². The number of rotatable bonds is 4. The van der Waals surface area contributed by atoms with Crippen LogP contribution in [0.1, 0.15) is 47.6 Å². The summed E-state index contributed by atoms with van der Waals surface area (Å²) < 4.78 is 44.5. The van der Waals surface area contributed by atoms with Crippen molar-refractivity contribution in [3.63, 3.8) is 0 Å². The Morgan fingerprint density at radius 3 is 2.53 bits per heavy atom. The van der Waals surface area contributed by atoms with Gasteiger partial charge in [-0.25, -0.2) is 0 Å². The van der Waals surface area contributed by atoms with Crippen LogP contribution in [-0.4, -0.2) is 18.4 Å². The van der Waals surface area contributed by atoms with Crippen LogP contribution in [0.5, 0.6) is 0 Å². The average molecular weight is 462 g/mol. The van der Waals surface area contributed by atoms with Crippen molar-refractivity contribution >= 4 is 23.1 Å². The molecule has 1 aromatic heterocycles. The van der Waals surface area contributed by atoms with Gasteiger partial charge in [-0.3, -0.25) is 9.59 Å². The number of alkyl halides is 3. The van der Waals surface area contributed by atoms with E-state index < -0.39 is 29.5 Å². The highest BCUT2D eigenvalue weighted by molar-refractivity contribution is 7.10. The van der Waals surface area contributed by atoms with E-state index in [4.69, 9.17) is 4.74 Å². The van der Waals surface area contributed by atoms with Crippen molar-refractivity contribution in [3.8, 4) is 0 Å². The molecule has 1 aromatic carbocycles. The Balaban J connectivity index is 1.79. The van der Waals surface area contributed by atoms with Crippen molar-refractivity contribution in [1.82, 2.24) is 5.32 Å². The van der Waals surface area contributed by atoms with Crippen molar-refractivity contribution in [2.45, 2.75) is 37.8 Å². The van der Waals surface area contributed by atoms with E-state index in [1.54, 1.807) is 18.3 Å². The molecule has 3 unspecified atom stereocenters. The van der Waals surface area contributed by atoms with E-state index in [0.29, 0.717) is 29.0 Å². The van der Waals surface area contributed by atoms with Gasteiger partial charge < -0.3 is 10.1 Å². The van der Waals surface area contributed by atoms with Gasteiger partial charge in [0.15, 0.2) is 5.78 Å². The highest BCUT2D eigenvalue weighted by atomic mass is 32.1. The van der Waals surface area contributed by atoms with Crippen molar-refractivity contribution in [2.75, 3.05) is 6.61 Å². The summed E-state index contributed by atoms with van der Waals surface area (Å²) in [6, 6.07) is 8.54. The van der Waals surface area contributed by atoms with E-state index in [-0.39, 0.29) is 24.7 Å². The molecule has 1 aliphatic carbocycles. The Hall–Kier alpha value is -2.87. The summed E-state index contributed by atoms with van der Waals surface area (Å²) in [5.41, 5.74) is 1.16. The molecular weight excluding hydrogens is 439 g/mol. The summed E-state index contributed by atoms with van der Waals surface area (Å²) >= 11 is 1.58. The molecule has 2 heterocycles. The number of thiophene rings is 1. The van der Waals surface area contributed by atoms with Crippen LogP contribution < -0.4 is 5.32 Å². The number of carbonyl (C=O) groups is 2. The molecule has 32 heavy (non-hydrogen) atoms. The Labute approximate surface area is 187 Å². The molecule has 8 heteroatoms. The van der Waals surface area contributed by atoms with Gasteiger partial charge in [-0.1, -0.05) is 24.8 Å². The first-order valence-electron chi connectivity index (χ1n) is 10.3. The maximum absolute atomic E-state index is 13.3. The number of halogens is 3. The fourth-order valence-corrected chi connectivity index (χ4v) is 5.35. The van der Waals surface area contributed by atoms with Crippen molar-refractivity contribution < 1.29 is 27.5 Å². The van der Waals surface area contributed by atoms with Crippen molar-refractivity contribution in [1.29, 1.82) is 0 Å². The van der Waals surface area contributed by atoms with Gasteiger partial charge in [-0.15, -0.1) is 11.3 Å². The minimum atomic E-state index is -4.48. The summed E-state index contributed by atoms with van der Waals surface area (Å²) in [4.78, 5) is 27.2. The number of carbonyl (C=O) groups excluding carboxylic acids is 2. The highest BCUT2D eigenvalue weighted by Crippen LogP contribution is 2.48. The molecule has 1 aliphatic heterocycles. The monoisotopic (exact) mass is 461 g/mol. The van der Waals surface area contributed by atoms with E-state index in [1.165, 1.54) is 12.1 Å². The molecule has 3 atom stereocenters. The quantitative estimate of drug-likeness (QED) is 0.607. The Morgan fingerprint density at radius 1 is 1.22 bits per heavy atom. The minimum absolute atomic E-state index is 0.00829. The van der Waals surface area contributed by atoms with Crippen LogP contribution >= 0.6 is 11.3 Å². The van der Waals surface area contributed by atoms with Crippen LogP contribution in [-0.2, 0) is 20.5 Å².